The largest absolute Gasteiger partial charge is 0.497 e. The summed E-state index contributed by atoms with van der Waals surface area (Å²) in [6, 6.07) is 10.0. The molecule has 0 saturated carbocycles. The van der Waals surface area contributed by atoms with Gasteiger partial charge in [0.15, 0.2) is 10.8 Å². The summed E-state index contributed by atoms with van der Waals surface area (Å²) >= 11 is 1.29. The van der Waals surface area contributed by atoms with E-state index in [4.69, 9.17) is 13.9 Å². The highest BCUT2D eigenvalue weighted by Crippen LogP contribution is 2.27. The van der Waals surface area contributed by atoms with Crippen LogP contribution in [0.5, 0.6) is 11.5 Å². The number of nitrogens with one attached hydrogen (secondary N) is 1. The van der Waals surface area contributed by atoms with Crippen LogP contribution in [0.25, 0.3) is 15.7 Å². The standard InChI is InChI=1S/C22H22N6O5S/c1-31-15-10-14(11-16(12-15)32-2)23-21(30)27-7-5-26(6-8-27)18-13-19(29)28-22(24-18)34-20(25-28)17-4-3-9-33-17/h3-4,9-13H,5-8H2,1-2H3,(H,23,30). The van der Waals surface area contributed by atoms with Crippen LogP contribution in [0.1, 0.15) is 0 Å². The van der Waals surface area contributed by atoms with Crippen molar-refractivity contribution in [1.82, 2.24) is 19.5 Å². The van der Waals surface area contributed by atoms with E-state index >= 15 is 0 Å². The maximum absolute atomic E-state index is 12.8. The van der Waals surface area contributed by atoms with Crippen LogP contribution in [0, 0.1) is 0 Å². The first-order valence-corrected chi connectivity index (χ1v) is 11.3. The second-order valence-electron chi connectivity index (χ2n) is 7.54. The zero-order chi connectivity index (χ0) is 23.7. The van der Waals surface area contributed by atoms with Crippen molar-refractivity contribution < 1.29 is 18.7 Å². The molecule has 5 rings (SSSR count). The number of nitrogens with zero attached hydrogens (tertiary/aromatic N) is 5. The molecule has 0 spiro atoms. The second kappa shape index (κ2) is 9.06. The van der Waals surface area contributed by atoms with Gasteiger partial charge in [-0.3, -0.25) is 4.79 Å². The molecule has 2 amide bonds. The van der Waals surface area contributed by atoms with E-state index in [9.17, 15) is 9.59 Å². The lowest BCUT2D eigenvalue weighted by molar-refractivity contribution is 0.208. The molecule has 1 aliphatic rings. The van der Waals surface area contributed by atoms with Crippen LogP contribution in [0.3, 0.4) is 0 Å². The number of hydrogen-bond acceptors (Lipinski definition) is 9. The molecule has 0 atom stereocenters. The van der Waals surface area contributed by atoms with Gasteiger partial charge in [0.2, 0.25) is 4.96 Å². The minimum Gasteiger partial charge on any atom is -0.497 e. The van der Waals surface area contributed by atoms with Crippen LogP contribution in [0.15, 0.2) is 51.9 Å². The van der Waals surface area contributed by atoms with Gasteiger partial charge in [0.05, 0.1) is 20.5 Å². The van der Waals surface area contributed by atoms with Crippen LogP contribution in [0.2, 0.25) is 0 Å². The zero-order valence-electron chi connectivity index (χ0n) is 18.6. The van der Waals surface area contributed by atoms with Crippen molar-refractivity contribution in [3.63, 3.8) is 0 Å². The fourth-order valence-electron chi connectivity index (χ4n) is 3.68. The van der Waals surface area contributed by atoms with Crippen molar-refractivity contribution in [2.75, 3.05) is 50.6 Å². The van der Waals surface area contributed by atoms with Gasteiger partial charge in [-0.05, 0) is 12.1 Å². The molecule has 12 heteroatoms. The number of fused-ring (bicyclic) bond motifs is 1. The van der Waals surface area contributed by atoms with Crippen LogP contribution in [0.4, 0.5) is 16.3 Å². The number of piperazine rings is 1. The second-order valence-corrected chi connectivity index (χ2v) is 8.49. The quantitative estimate of drug-likeness (QED) is 0.462. The number of carbonyl (C=O) groups is 1. The van der Waals surface area contributed by atoms with Gasteiger partial charge in [-0.15, -0.1) is 5.10 Å². The summed E-state index contributed by atoms with van der Waals surface area (Å²) in [6.07, 6.45) is 1.56. The van der Waals surface area contributed by atoms with Gasteiger partial charge >= 0.3 is 6.03 Å². The van der Waals surface area contributed by atoms with Gasteiger partial charge in [0.25, 0.3) is 5.56 Å². The molecule has 1 aromatic carbocycles. The number of rotatable bonds is 5. The Kier molecular flexibility index (Phi) is 5.80. The number of methoxy groups -OCH3 is 2. The average Bonchev–Trinajstić information content (AvgIpc) is 3.54. The number of anilines is 2. The van der Waals surface area contributed by atoms with Gasteiger partial charge in [-0.2, -0.15) is 4.52 Å². The summed E-state index contributed by atoms with van der Waals surface area (Å²) in [5, 5.41) is 7.78. The highest BCUT2D eigenvalue weighted by molar-refractivity contribution is 7.19. The molecule has 1 N–H and O–H groups in total. The molecule has 1 saturated heterocycles. The van der Waals surface area contributed by atoms with Gasteiger partial charge in [-0.25, -0.2) is 9.78 Å². The molecule has 4 aromatic rings. The first kappa shape index (κ1) is 21.8. The number of benzene rings is 1. The molecular weight excluding hydrogens is 460 g/mol. The number of hydrogen-bond donors (Lipinski definition) is 1. The molecule has 4 heterocycles. The van der Waals surface area contributed by atoms with Crippen molar-refractivity contribution >= 4 is 33.8 Å². The topological polar surface area (TPSA) is 114 Å². The molecule has 0 unspecified atom stereocenters. The Balaban J connectivity index is 1.27. The SMILES string of the molecule is COc1cc(NC(=O)N2CCN(c3cc(=O)n4nc(-c5ccco5)sc4n3)CC2)cc(OC)c1. The Bertz CT molecular complexity index is 1350. The predicted molar refractivity (Wildman–Crippen MR) is 127 cm³/mol. The molecule has 34 heavy (non-hydrogen) atoms. The molecule has 3 aromatic heterocycles. The molecule has 1 fully saturated rings. The Morgan fingerprint density at radius 1 is 1.09 bits per heavy atom. The van der Waals surface area contributed by atoms with E-state index in [1.54, 1.807) is 55.7 Å². The molecule has 1 aliphatic heterocycles. The molecule has 0 aliphatic carbocycles. The highest BCUT2D eigenvalue weighted by atomic mass is 32.1. The van der Waals surface area contributed by atoms with Crippen molar-refractivity contribution in [1.29, 1.82) is 0 Å². The summed E-state index contributed by atoms with van der Waals surface area (Å²) in [6.45, 7) is 2.05. The Morgan fingerprint density at radius 2 is 1.82 bits per heavy atom. The van der Waals surface area contributed by atoms with E-state index in [1.807, 2.05) is 4.90 Å². The number of carbonyl (C=O) groups excluding carboxylic acids is 1. The van der Waals surface area contributed by atoms with Crippen LogP contribution < -0.4 is 25.2 Å². The first-order valence-electron chi connectivity index (χ1n) is 10.5. The molecule has 0 bridgehead atoms. The van der Waals surface area contributed by atoms with E-state index in [2.05, 4.69) is 15.4 Å². The monoisotopic (exact) mass is 482 g/mol. The lowest BCUT2D eigenvalue weighted by Crippen LogP contribution is -2.50. The minimum atomic E-state index is -0.263. The maximum Gasteiger partial charge on any atom is 0.321 e. The third-order valence-corrected chi connectivity index (χ3v) is 6.38. The smallest absolute Gasteiger partial charge is 0.321 e. The predicted octanol–water partition coefficient (Wildman–Crippen LogP) is 2.78. The van der Waals surface area contributed by atoms with Crippen molar-refractivity contribution in [3.05, 3.63) is 53.0 Å². The van der Waals surface area contributed by atoms with Crippen molar-refractivity contribution in [2.45, 2.75) is 0 Å². The molecule has 11 nitrogen and oxygen atoms in total. The number of ether oxygens (including phenoxy) is 2. The first-order chi connectivity index (χ1) is 16.5. The third-order valence-electron chi connectivity index (χ3n) is 5.46. The van der Waals surface area contributed by atoms with E-state index < -0.39 is 0 Å². The summed E-state index contributed by atoms with van der Waals surface area (Å²) in [5.74, 6) is 2.33. The number of furan rings is 1. The third kappa shape index (κ3) is 4.27. The van der Waals surface area contributed by atoms with Crippen molar-refractivity contribution in [3.8, 4) is 22.3 Å². The minimum absolute atomic E-state index is 0.219. The molecular formula is C22H22N6O5S. The fraction of sp³-hybridized carbons (Fsp3) is 0.273. The van der Waals surface area contributed by atoms with Crippen LogP contribution in [-0.4, -0.2) is 65.9 Å². The van der Waals surface area contributed by atoms with E-state index in [0.29, 0.717) is 64.9 Å². The number of amides is 2. The van der Waals surface area contributed by atoms with Gasteiger partial charge in [0, 0.05) is 56.1 Å². The lowest BCUT2D eigenvalue weighted by atomic mass is 10.2. The Hall–Kier alpha value is -4.06. The molecule has 176 valence electrons. The summed E-state index contributed by atoms with van der Waals surface area (Å²) < 4.78 is 17.2. The van der Waals surface area contributed by atoms with Gasteiger partial charge < -0.3 is 29.0 Å². The average molecular weight is 483 g/mol. The number of urea groups is 1. The van der Waals surface area contributed by atoms with Gasteiger partial charge in [0.1, 0.15) is 17.3 Å². The normalized spacial score (nSPS) is 13.8. The summed E-state index contributed by atoms with van der Waals surface area (Å²) in [5.41, 5.74) is 0.322. The van der Waals surface area contributed by atoms with Crippen molar-refractivity contribution in [2.24, 2.45) is 0 Å². The van der Waals surface area contributed by atoms with E-state index in [-0.39, 0.29) is 11.6 Å². The summed E-state index contributed by atoms with van der Waals surface area (Å²) in [4.78, 5) is 34.2. The fourth-order valence-corrected chi connectivity index (χ4v) is 4.55. The van der Waals surface area contributed by atoms with E-state index in [1.165, 1.54) is 21.9 Å². The van der Waals surface area contributed by atoms with E-state index in [0.717, 1.165) is 0 Å². The summed E-state index contributed by atoms with van der Waals surface area (Å²) in [7, 11) is 3.11. The van der Waals surface area contributed by atoms with Crippen LogP contribution in [-0.2, 0) is 0 Å². The number of aromatic nitrogens is 3. The Morgan fingerprint density at radius 3 is 2.47 bits per heavy atom. The zero-order valence-corrected chi connectivity index (χ0v) is 19.4. The van der Waals surface area contributed by atoms with Gasteiger partial charge in [-0.1, -0.05) is 11.3 Å². The highest BCUT2D eigenvalue weighted by Gasteiger charge is 2.23. The van der Waals surface area contributed by atoms with Crippen LogP contribution >= 0.6 is 11.3 Å². The lowest BCUT2D eigenvalue weighted by Gasteiger charge is -2.35. The maximum atomic E-state index is 12.8. The Labute approximate surface area is 198 Å². The molecule has 0 radical (unpaired) electrons.